The number of ether oxygens (including phenoxy) is 1. The molecule has 2 aromatic carbocycles. The molecular formula is C24H26F5N5O. The number of hydrogen-bond donors (Lipinski definition) is 1. The lowest BCUT2D eigenvalue weighted by Gasteiger charge is -2.20. The largest absolute Gasteiger partial charge is 0.453 e. The highest BCUT2D eigenvalue weighted by Crippen LogP contribution is 2.38. The Morgan fingerprint density at radius 3 is 2.34 bits per heavy atom. The van der Waals surface area contributed by atoms with Crippen molar-refractivity contribution in [3.05, 3.63) is 83.7 Å². The topological polar surface area (TPSA) is 64.9 Å². The van der Waals surface area contributed by atoms with Crippen LogP contribution in [0, 0.1) is 0 Å². The second-order valence-electron chi connectivity index (χ2n) is 7.81. The first kappa shape index (κ1) is 26.4. The average molecular weight is 495 g/mol. The molecule has 1 heterocycles. The Hall–Kier alpha value is -3.18. The molecule has 0 saturated carbocycles. The van der Waals surface area contributed by atoms with Crippen molar-refractivity contribution in [3.63, 3.8) is 0 Å². The van der Waals surface area contributed by atoms with Gasteiger partial charge in [-0.15, -0.1) is 5.10 Å². The summed E-state index contributed by atoms with van der Waals surface area (Å²) < 4.78 is 71.0. The first-order valence-corrected chi connectivity index (χ1v) is 11.1. The summed E-state index contributed by atoms with van der Waals surface area (Å²) in [5.41, 5.74) is 1.90. The Bertz CT molecular complexity index is 1040. The molecule has 0 fully saturated rings. The van der Waals surface area contributed by atoms with Crippen LogP contribution in [0.15, 0.2) is 66.7 Å². The van der Waals surface area contributed by atoms with Crippen LogP contribution in [0.4, 0.5) is 22.0 Å². The van der Waals surface area contributed by atoms with Crippen LogP contribution in [0.1, 0.15) is 35.8 Å². The second kappa shape index (κ2) is 12.5. The molecule has 1 aromatic heterocycles. The quantitative estimate of drug-likeness (QED) is 0.261. The summed E-state index contributed by atoms with van der Waals surface area (Å²) in [4.78, 5) is 0. The van der Waals surface area contributed by atoms with Crippen molar-refractivity contribution in [2.24, 2.45) is 0 Å². The van der Waals surface area contributed by atoms with E-state index < -0.39 is 24.6 Å². The second-order valence-corrected chi connectivity index (χ2v) is 7.81. The van der Waals surface area contributed by atoms with E-state index in [1.807, 2.05) is 60.7 Å². The fourth-order valence-electron chi connectivity index (χ4n) is 3.24. The van der Waals surface area contributed by atoms with E-state index in [4.69, 9.17) is 4.74 Å². The summed E-state index contributed by atoms with van der Waals surface area (Å²) >= 11 is 0. The van der Waals surface area contributed by atoms with Gasteiger partial charge in [-0.3, -0.25) is 0 Å². The van der Waals surface area contributed by atoms with Gasteiger partial charge in [0.25, 0.3) is 0 Å². The molecule has 1 N–H and O–H groups in total. The highest BCUT2D eigenvalue weighted by molar-refractivity contribution is 5.49. The van der Waals surface area contributed by atoms with Gasteiger partial charge in [-0.25, -0.2) is 4.68 Å². The summed E-state index contributed by atoms with van der Waals surface area (Å²) in [6.45, 7) is 0.979. The van der Waals surface area contributed by atoms with E-state index in [9.17, 15) is 22.0 Å². The Balaban J connectivity index is 1.62. The molecule has 188 valence electrons. The lowest BCUT2D eigenvalue weighted by atomic mass is 10.1. The highest BCUT2D eigenvalue weighted by atomic mass is 19.4. The smallest absolute Gasteiger partial charge is 0.375 e. The zero-order valence-corrected chi connectivity index (χ0v) is 18.8. The summed E-state index contributed by atoms with van der Waals surface area (Å²) in [7, 11) is 0. The number of benzene rings is 2. The van der Waals surface area contributed by atoms with E-state index >= 15 is 0 Å². The van der Waals surface area contributed by atoms with Crippen LogP contribution in [-0.2, 0) is 17.9 Å². The van der Waals surface area contributed by atoms with Crippen molar-refractivity contribution < 1.29 is 26.7 Å². The molecule has 3 aromatic rings. The average Bonchev–Trinajstić information content (AvgIpc) is 3.30. The van der Waals surface area contributed by atoms with E-state index in [2.05, 4.69) is 20.8 Å². The summed E-state index contributed by atoms with van der Waals surface area (Å²) in [5, 5.41) is 14.7. The Labute approximate surface area is 199 Å². The molecule has 0 aliphatic carbocycles. The van der Waals surface area contributed by atoms with Crippen LogP contribution in [0.2, 0.25) is 0 Å². The first-order valence-electron chi connectivity index (χ1n) is 11.1. The van der Waals surface area contributed by atoms with Crippen molar-refractivity contribution in [2.75, 3.05) is 13.2 Å². The van der Waals surface area contributed by atoms with Gasteiger partial charge in [-0.1, -0.05) is 72.8 Å². The standard InChI is InChI=1S/C24H26F5N5O/c25-23(26,24(27,28)29)14-7-15-30-21(13-12-19-8-3-1-4-9-19)22-31-32-33-34(22)16-17-35-18-20-10-5-2-6-11-20/h1-6,8-13,21,30H,7,14-18H2/b13-12+. The van der Waals surface area contributed by atoms with Gasteiger partial charge in [-0.2, -0.15) is 22.0 Å². The van der Waals surface area contributed by atoms with Gasteiger partial charge in [-0.05, 0) is 34.5 Å². The zero-order valence-electron chi connectivity index (χ0n) is 18.8. The number of nitrogens with zero attached hydrogens (tertiary/aromatic N) is 4. The Kier molecular flexibility index (Phi) is 9.44. The SMILES string of the molecule is FC(F)(F)C(F)(F)CCCNC(/C=C/c1ccccc1)c1nnnn1CCOCc1ccccc1. The molecule has 0 bridgehead atoms. The van der Waals surface area contributed by atoms with Gasteiger partial charge in [0.2, 0.25) is 0 Å². The summed E-state index contributed by atoms with van der Waals surface area (Å²) in [6.07, 6.45) is -3.72. The van der Waals surface area contributed by atoms with Crippen molar-refractivity contribution in [2.45, 2.75) is 44.1 Å². The van der Waals surface area contributed by atoms with Crippen molar-refractivity contribution in [3.8, 4) is 0 Å². The molecule has 0 aliphatic heterocycles. The van der Waals surface area contributed by atoms with Crippen LogP contribution in [0.25, 0.3) is 6.08 Å². The number of alkyl halides is 5. The maximum atomic E-state index is 13.2. The number of aromatic nitrogens is 4. The minimum atomic E-state index is -5.57. The normalized spacial score (nSPS) is 13.4. The predicted molar refractivity (Wildman–Crippen MR) is 120 cm³/mol. The fourth-order valence-corrected chi connectivity index (χ4v) is 3.24. The van der Waals surface area contributed by atoms with E-state index in [1.54, 1.807) is 12.2 Å². The number of tetrazole rings is 1. The van der Waals surface area contributed by atoms with Gasteiger partial charge >= 0.3 is 12.1 Å². The molecule has 0 amide bonds. The molecule has 35 heavy (non-hydrogen) atoms. The number of rotatable bonds is 13. The molecule has 11 heteroatoms. The molecule has 1 unspecified atom stereocenters. The van der Waals surface area contributed by atoms with Crippen LogP contribution in [-0.4, -0.2) is 45.5 Å². The molecule has 0 radical (unpaired) electrons. The van der Waals surface area contributed by atoms with Crippen molar-refractivity contribution >= 4 is 6.08 Å². The van der Waals surface area contributed by atoms with Gasteiger partial charge in [0.05, 0.1) is 25.8 Å². The lowest BCUT2D eigenvalue weighted by Crippen LogP contribution is -2.37. The maximum Gasteiger partial charge on any atom is 0.453 e. The van der Waals surface area contributed by atoms with Crippen LogP contribution in [0.5, 0.6) is 0 Å². The molecule has 0 saturated heterocycles. The van der Waals surface area contributed by atoms with Crippen LogP contribution < -0.4 is 5.32 Å². The third-order valence-electron chi connectivity index (χ3n) is 5.12. The minimum absolute atomic E-state index is 0.0904. The molecular weight excluding hydrogens is 469 g/mol. The van der Waals surface area contributed by atoms with Gasteiger partial charge in [0.1, 0.15) is 0 Å². The van der Waals surface area contributed by atoms with Gasteiger partial charge in [0.15, 0.2) is 5.82 Å². The Morgan fingerprint density at radius 2 is 1.66 bits per heavy atom. The van der Waals surface area contributed by atoms with Gasteiger partial charge in [0, 0.05) is 6.42 Å². The molecule has 0 aliphatic rings. The molecule has 6 nitrogen and oxygen atoms in total. The summed E-state index contributed by atoms with van der Waals surface area (Å²) in [5.74, 6) is -4.34. The predicted octanol–water partition coefficient (Wildman–Crippen LogP) is 5.21. The van der Waals surface area contributed by atoms with E-state index in [1.165, 1.54) is 4.68 Å². The van der Waals surface area contributed by atoms with E-state index in [0.717, 1.165) is 11.1 Å². The molecule has 1 atom stereocenters. The highest BCUT2D eigenvalue weighted by Gasteiger charge is 2.56. The summed E-state index contributed by atoms with van der Waals surface area (Å²) in [6, 6.07) is 18.3. The zero-order chi connectivity index (χ0) is 25.2. The van der Waals surface area contributed by atoms with E-state index in [0.29, 0.717) is 25.6 Å². The number of halogens is 5. The number of nitrogens with one attached hydrogen (secondary N) is 1. The van der Waals surface area contributed by atoms with Crippen LogP contribution in [0.3, 0.4) is 0 Å². The third-order valence-corrected chi connectivity index (χ3v) is 5.12. The van der Waals surface area contributed by atoms with Crippen molar-refractivity contribution in [1.29, 1.82) is 0 Å². The van der Waals surface area contributed by atoms with Gasteiger partial charge < -0.3 is 10.1 Å². The number of hydrogen-bond acceptors (Lipinski definition) is 5. The Morgan fingerprint density at radius 1 is 0.971 bits per heavy atom. The van der Waals surface area contributed by atoms with Crippen molar-refractivity contribution in [1.82, 2.24) is 25.5 Å². The maximum absolute atomic E-state index is 13.2. The molecule has 3 rings (SSSR count). The fraction of sp³-hybridized carbons (Fsp3) is 0.375. The van der Waals surface area contributed by atoms with Crippen LogP contribution >= 0.6 is 0 Å². The minimum Gasteiger partial charge on any atom is -0.375 e. The molecule has 0 spiro atoms. The first-order chi connectivity index (χ1) is 16.8. The third kappa shape index (κ3) is 8.22. The van der Waals surface area contributed by atoms with E-state index in [-0.39, 0.29) is 13.0 Å². The monoisotopic (exact) mass is 495 g/mol. The lowest BCUT2D eigenvalue weighted by molar-refractivity contribution is -0.284.